The van der Waals surface area contributed by atoms with Crippen LogP contribution < -0.4 is 5.32 Å². The summed E-state index contributed by atoms with van der Waals surface area (Å²) < 4.78 is 0. The van der Waals surface area contributed by atoms with Crippen molar-refractivity contribution in [1.82, 2.24) is 5.32 Å². The molecule has 0 amide bonds. The van der Waals surface area contributed by atoms with Gasteiger partial charge in [-0.25, -0.2) is 0 Å². The van der Waals surface area contributed by atoms with Crippen LogP contribution >= 0.6 is 11.3 Å². The Morgan fingerprint density at radius 3 is 2.60 bits per heavy atom. The van der Waals surface area contributed by atoms with Crippen LogP contribution in [0.4, 0.5) is 0 Å². The van der Waals surface area contributed by atoms with E-state index in [1.807, 2.05) is 11.3 Å². The number of hydrogen-bond donors (Lipinski definition) is 1. The third kappa shape index (κ3) is 3.96. The normalized spacial score (nSPS) is 13.4. The van der Waals surface area contributed by atoms with Gasteiger partial charge >= 0.3 is 0 Å². The monoisotopic (exact) mass is 225 g/mol. The Morgan fingerprint density at radius 2 is 2.13 bits per heavy atom. The third-order valence-electron chi connectivity index (χ3n) is 2.57. The first-order valence-corrected chi connectivity index (χ1v) is 6.80. The van der Waals surface area contributed by atoms with Crippen molar-refractivity contribution in [3.63, 3.8) is 0 Å². The molecule has 1 nitrogen and oxygen atoms in total. The molecule has 1 atom stereocenters. The zero-order valence-corrected chi connectivity index (χ0v) is 11.2. The van der Waals surface area contributed by atoms with Crippen molar-refractivity contribution in [3.8, 4) is 0 Å². The highest BCUT2D eigenvalue weighted by Gasteiger charge is 2.15. The zero-order chi connectivity index (χ0) is 11.3. The maximum absolute atomic E-state index is 3.65. The van der Waals surface area contributed by atoms with E-state index in [1.165, 1.54) is 23.3 Å². The second-order valence-electron chi connectivity index (χ2n) is 4.60. The van der Waals surface area contributed by atoms with Crippen LogP contribution in [0, 0.1) is 12.8 Å². The van der Waals surface area contributed by atoms with Crippen molar-refractivity contribution in [2.24, 2.45) is 5.92 Å². The molecule has 0 aliphatic heterocycles. The van der Waals surface area contributed by atoms with Crippen LogP contribution in [-0.2, 0) is 0 Å². The average molecular weight is 225 g/mol. The van der Waals surface area contributed by atoms with Crippen LogP contribution in [-0.4, -0.2) is 6.54 Å². The highest BCUT2D eigenvalue weighted by Crippen LogP contribution is 2.28. The molecule has 1 rings (SSSR count). The molecule has 0 radical (unpaired) electrons. The first kappa shape index (κ1) is 12.7. The van der Waals surface area contributed by atoms with E-state index in [4.69, 9.17) is 0 Å². The summed E-state index contributed by atoms with van der Waals surface area (Å²) in [4.78, 5) is 1.53. The Balaban J connectivity index is 2.67. The first-order chi connectivity index (χ1) is 7.15. The van der Waals surface area contributed by atoms with Gasteiger partial charge in [-0.05, 0) is 49.2 Å². The lowest BCUT2D eigenvalue weighted by Crippen LogP contribution is -2.23. The van der Waals surface area contributed by atoms with Gasteiger partial charge in [0, 0.05) is 10.9 Å². The summed E-state index contributed by atoms with van der Waals surface area (Å²) in [5.74, 6) is 0.751. The minimum absolute atomic E-state index is 0.560. The van der Waals surface area contributed by atoms with Crippen molar-refractivity contribution in [2.45, 2.75) is 46.6 Å². The average Bonchev–Trinajstić information content (AvgIpc) is 2.58. The van der Waals surface area contributed by atoms with Gasteiger partial charge in [0.05, 0.1) is 0 Å². The minimum atomic E-state index is 0.560. The van der Waals surface area contributed by atoms with Crippen molar-refractivity contribution in [2.75, 3.05) is 6.54 Å². The fourth-order valence-electron chi connectivity index (χ4n) is 1.81. The lowest BCUT2D eigenvalue weighted by Gasteiger charge is -2.20. The topological polar surface area (TPSA) is 12.0 Å². The Kier molecular flexibility index (Phi) is 5.34. The Bertz CT molecular complexity index is 278. The molecular formula is C13H23NS. The van der Waals surface area contributed by atoms with Crippen LogP contribution in [0.2, 0.25) is 0 Å². The Hall–Kier alpha value is -0.340. The molecule has 1 aromatic heterocycles. The number of thiophene rings is 1. The lowest BCUT2D eigenvalue weighted by molar-refractivity contribution is 0.434. The smallest absolute Gasteiger partial charge is 0.0419 e. The first-order valence-electron chi connectivity index (χ1n) is 5.92. The quantitative estimate of drug-likeness (QED) is 0.767. The molecule has 1 N–H and O–H groups in total. The van der Waals surface area contributed by atoms with Gasteiger partial charge in [0.25, 0.3) is 0 Å². The summed E-state index contributed by atoms with van der Waals surface area (Å²) >= 11 is 1.89. The fraction of sp³-hybridized carbons (Fsp3) is 0.692. The Labute approximate surface area is 97.9 Å². The largest absolute Gasteiger partial charge is 0.309 e. The molecule has 0 saturated carbocycles. The molecule has 2 heteroatoms. The molecule has 0 saturated heterocycles. The second-order valence-corrected chi connectivity index (χ2v) is 5.55. The number of rotatable bonds is 6. The van der Waals surface area contributed by atoms with E-state index in [9.17, 15) is 0 Å². The maximum Gasteiger partial charge on any atom is 0.0419 e. The molecule has 15 heavy (non-hydrogen) atoms. The van der Waals surface area contributed by atoms with Gasteiger partial charge in [-0.1, -0.05) is 20.8 Å². The molecule has 0 bridgehead atoms. The van der Waals surface area contributed by atoms with Crippen molar-refractivity contribution < 1.29 is 0 Å². The molecule has 0 aliphatic rings. The zero-order valence-electron chi connectivity index (χ0n) is 10.3. The van der Waals surface area contributed by atoms with E-state index in [1.54, 1.807) is 0 Å². The van der Waals surface area contributed by atoms with Crippen molar-refractivity contribution in [1.29, 1.82) is 0 Å². The van der Waals surface area contributed by atoms with E-state index in [2.05, 4.69) is 44.5 Å². The third-order valence-corrected chi connectivity index (χ3v) is 3.70. The summed E-state index contributed by atoms with van der Waals surface area (Å²) in [5.41, 5.74) is 1.44. The van der Waals surface area contributed by atoms with Gasteiger partial charge in [-0.2, -0.15) is 0 Å². The molecule has 0 aromatic carbocycles. The molecule has 86 valence electrons. The highest BCUT2D eigenvalue weighted by molar-refractivity contribution is 7.10. The van der Waals surface area contributed by atoms with E-state index in [-0.39, 0.29) is 0 Å². The van der Waals surface area contributed by atoms with Crippen LogP contribution in [0.1, 0.15) is 50.1 Å². The number of aryl methyl sites for hydroxylation is 1. The summed E-state index contributed by atoms with van der Waals surface area (Å²) in [7, 11) is 0. The standard InChI is InChI=1S/C13H23NS/c1-5-7-14-12(9-10(2)3)13-11(4)6-8-15-13/h6,8,10,12,14H,5,7,9H2,1-4H3. The molecule has 0 aliphatic carbocycles. The van der Waals surface area contributed by atoms with Crippen molar-refractivity contribution >= 4 is 11.3 Å². The van der Waals surface area contributed by atoms with Gasteiger partial charge in [0.1, 0.15) is 0 Å². The molecular weight excluding hydrogens is 202 g/mol. The maximum atomic E-state index is 3.65. The van der Waals surface area contributed by atoms with Gasteiger partial charge in [0.2, 0.25) is 0 Å². The highest BCUT2D eigenvalue weighted by atomic mass is 32.1. The number of nitrogens with one attached hydrogen (secondary N) is 1. The molecule has 0 fully saturated rings. The predicted molar refractivity (Wildman–Crippen MR) is 69.5 cm³/mol. The van der Waals surface area contributed by atoms with Crippen LogP contribution in [0.15, 0.2) is 11.4 Å². The summed E-state index contributed by atoms with van der Waals surface area (Å²) in [6.45, 7) is 10.1. The Morgan fingerprint density at radius 1 is 1.40 bits per heavy atom. The van der Waals surface area contributed by atoms with E-state index < -0.39 is 0 Å². The predicted octanol–water partition coefficient (Wildman–Crippen LogP) is 4.14. The number of hydrogen-bond acceptors (Lipinski definition) is 2. The van der Waals surface area contributed by atoms with E-state index in [0.717, 1.165) is 12.5 Å². The van der Waals surface area contributed by atoms with Crippen LogP contribution in [0.3, 0.4) is 0 Å². The van der Waals surface area contributed by atoms with Gasteiger partial charge in [-0.15, -0.1) is 11.3 Å². The van der Waals surface area contributed by atoms with Gasteiger partial charge in [-0.3, -0.25) is 0 Å². The lowest BCUT2D eigenvalue weighted by atomic mass is 10.0. The minimum Gasteiger partial charge on any atom is -0.309 e. The molecule has 1 heterocycles. The molecule has 1 aromatic rings. The van der Waals surface area contributed by atoms with E-state index in [0.29, 0.717) is 6.04 Å². The van der Waals surface area contributed by atoms with Gasteiger partial charge < -0.3 is 5.32 Å². The van der Waals surface area contributed by atoms with Crippen molar-refractivity contribution in [3.05, 3.63) is 21.9 Å². The van der Waals surface area contributed by atoms with E-state index >= 15 is 0 Å². The van der Waals surface area contributed by atoms with Gasteiger partial charge in [0.15, 0.2) is 0 Å². The fourth-order valence-corrected chi connectivity index (χ4v) is 2.83. The summed E-state index contributed by atoms with van der Waals surface area (Å²) in [6.07, 6.45) is 2.44. The summed E-state index contributed by atoms with van der Waals surface area (Å²) in [6, 6.07) is 2.78. The SMILES string of the molecule is CCCNC(CC(C)C)c1sccc1C. The molecule has 0 spiro atoms. The summed E-state index contributed by atoms with van der Waals surface area (Å²) in [5, 5.41) is 5.85. The van der Waals surface area contributed by atoms with Crippen LogP contribution in [0.5, 0.6) is 0 Å². The second kappa shape index (κ2) is 6.29. The molecule has 1 unspecified atom stereocenters. The van der Waals surface area contributed by atoms with Crippen LogP contribution in [0.25, 0.3) is 0 Å².